The van der Waals surface area contributed by atoms with Gasteiger partial charge in [-0.2, -0.15) is 0 Å². The third-order valence-corrected chi connectivity index (χ3v) is 3.61. The molecule has 0 spiro atoms. The van der Waals surface area contributed by atoms with Crippen LogP contribution < -0.4 is 10.6 Å². The minimum Gasteiger partial charge on any atom is -0.354 e. The van der Waals surface area contributed by atoms with Crippen LogP contribution in [-0.2, 0) is 6.42 Å². The number of hydrogen-bond donors (Lipinski definition) is 2. The van der Waals surface area contributed by atoms with Crippen LogP contribution in [0.25, 0.3) is 0 Å². The average Bonchev–Trinajstić information content (AvgIpc) is 2.49. The minimum atomic E-state index is -0.181. The van der Waals surface area contributed by atoms with E-state index in [0.717, 1.165) is 12.0 Å². The molecule has 2 rings (SSSR count). The smallest absolute Gasteiger partial charge is 0.254 e. The van der Waals surface area contributed by atoms with E-state index in [1.165, 1.54) is 12.4 Å². The van der Waals surface area contributed by atoms with E-state index < -0.39 is 0 Å². The van der Waals surface area contributed by atoms with E-state index in [-0.39, 0.29) is 11.9 Å². The number of amides is 1. The molecule has 0 saturated heterocycles. The molecule has 0 aliphatic carbocycles. The Hall–Kier alpha value is -1.85. The lowest BCUT2D eigenvalue weighted by atomic mass is 10.1. The fourth-order valence-corrected chi connectivity index (χ4v) is 2.42. The van der Waals surface area contributed by atoms with Crippen molar-refractivity contribution in [2.24, 2.45) is 0 Å². The topological polar surface area (TPSA) is 66.9 Å². The molecule has 122 valence electrons. The summed E-state index contributed by atoms with van der Waals surface area (Å²) in [7, 11) is 0. The van der Waals surface area contributed by atoms with Gasteiger partial charge in [-0.15, -0.1) is 0 Å². The summed E-state index contributed by atoms with van der Waals surface area (Å²) in [6.45, 7) is 4.42. The van der Waals surface area contributed by atoms with Gasteiger partial charge in [0.15, 0.2) is 0 Å². The molecule has 1 amide bonds. The molecule has 0 atom stereocenters. The normalized spacial score (nSPS) is 10.7. The molecule has 1 heterocycles. The molecule has 0 radical (unpaired) electrons. The van der Waals surface area contributed by atoms with Crippen molar-refractivity contribution < 1.29 is 4.79 Å². The maximum atomic E-state index is 11.8. The van der Waals surface area contributed by atoms with Gasteiger partial charge < -0.3 is 10.6 Å². The number of anilines is 1. The van der Waals surface area contributed by atoms with Crippen molar-refractivity contribution >= 4 is 35.1 Å². The second-order valence-corrected chi connectivity index (χ2v) is 6.18. The van der Waals surface area contributed by atoms with E-state index in [0.29, 0.717) is 28.1 Å². The van der Waals surface area contributed by atoms with Gasteiger partial charge in [0, 0.05) is 35.0 Å². The molecule has 0 bridgehead atoms. The second kappa shape index (κ2) is 8.13. The molecular formula is C16H18Cl2N4O. The summed E-state index contributed by atoms with van der Waals surface area (Å²) in [6, 6.07) is 5.50. The Morgan fingerprint density at radius 3 is 2.52 bits per heavy atom. The van der Waals surface area contributed by atoms with Crippen molar-refractivity contribution in [3.8, 4) is 0 Å². The Bertz CT molecular complexity index is 674. The molecule has 0 unspecified atom stereocenters. The van der Waals surface area contributed by atoms with E-state index in [9.17, 15) is 4.79 Å². The molecule has 23 heavy (non-hydrogen) atoms. The highest BCUT2D eigenvalue weighted by Crippen LogP contribution is 2.21. The predicted molar refractivity (Wildman–Crippen MR) is 93.3 cm³/mol. The highest BCUT2D eigenvalue weighted by atomic mass is 35.5. The lowest BCUT2D eigenvalue weighted by Gasteiger charge is -2.09. The first-order valence-corrected chi connectivity index (χ1v) is 8.02. The van der Waals surface area contributed by atoms with Crippen LogP contribution in [0.1, 0.15) is 29.8 Å². The third kappa shape index (κ3) is 5.37. The minimum absolute atomic E-state index is 0.0735. The zero-order valence-electron chi connectivity index (χ0n) is 12.9. The summed E-state index contributed by atoms with van der Waals surface area (Å²) < 4.78 is 0. The van der Waals surface area contributed by atoms with Crippen LogP contribution in [-0.4, -0.2) is 28.5 Å². The van der Waals surface area contributed by atoms with Gasteiger partial charge in [-0.05, 0) is 38.0 Å². The van der Waals surface area contributed by atoms with Gasteiger partial charge in [0.25, 0.3) is 5.91 Å². The summed E-state index contributed by atoms with van der Waals surface area (Å²) in [5.41, 5.74) is 1.43. The van der Waals surface area contributed by atoms with Gasteiger partial charge in [-0.25, -0.2) is 9.97 Å². The number of carbonyl (C=O) groups excluding carboxylic acids is 1. The lowest BCUT2D eigenvalue weighted by molar-refractivity contribution is 0.0942. The molecule has 0 aliphatic heterocycles. The first-order chi connectivity index (χ1) is 11.0. The van der Waals surface area contributed by atoms with Crippen LogP contribution in [0.3, 0.4) is 0 Å². The molecule has 2 aromatic rings. The Kier molecular flexibility index (Phi) is 6.19. The molecule has 1 aromatic heterocycles. The fraction of sp³-hybridized carbons (Fsp3) is 0.312. The van der Waals surface area contributed by atoms with Crippen LogP contribution in [0, 0.1) is 0 Å². The number of benzene rings is 1. The summed E-state index contributed by atoms with van der Waals surface area (Å²) >= 11 is 12.0. The van der Waals surface area contributed by atoms with Crippen molar-refractivity contribution in [3.05, 3.63) is 51.8 Å². The third-order valence-electron chi connectivity index (χ3n) is 3.03. The van der Waals surface area contributed by atoms with Crippen LogP contribution in [0.2, 0.25) is 10.0 Å². The SMILES string of the molecule is CC(C)NC(=O)c1cnc(NCCc2ccc(Cl)cc2Cl)nc1. The summed E-state index contributed by atoms with van der Waals surface area (Å²) in [5, 5.41) is 7.14. The number of hydrogen-bond acceptors (Lipinski definition) is 4. The highest BCUT2D eigenvalue weighted by molar-refractivity contribution is 6.35. The van der Waals surface area contributed by atoms with Crippen LogP contribution in [0.5, 0.6) is 0 Å². The van der Waals surface area contributed by atoms with Crippen molar-refractivity contribution in [1.29, 1.82) is 0 Å². The molecule has 0 aliphatic rings. The van der Waals surface area contributed by atoms with Crippen LogP contribution in [0.4, 0.5) is 5.95 Å². The average molecular weight is 353 g/mol. The van der Waals surface area contributed by atoms with Crippen molar-refractivity contribution in [3.63, 3.8) is 0 Å². The van der Waals surface area contributed by atoms with Gasteiger partial charge in [0.2, 0.25) is 5.95 Å². The molecule has 1 aromatic carbocycles. The van der Waals surface area contributed by atoms with E-state index in [4.69, 9.17) is 23.2 Å². The first kappa shape index (κ1) is 17.5. The number of nitrogens with one attached hydrogen (secondary N) is 2. The van der Waals surface area contributed by atoms with Gasteiger partial charge in [-0.3, -0.25) is 4.79 Å². The Labute approximate surface area is 145 Å². The molecule has 0 fully saturated rings. The lowest BCUT2D eigenvalue weighted by Crippen LogP contribution is -2.30. The van der Waals surface area contributed by atoms with E-state index >= 15 is 0 Å². The zero-order valence-corrected chi connectivity index (χ0v) is 14.4. The van der Waals surface area contributed by atoms with Crippen molar-refractivity contribution in [1.82, 2.24) is 15.3 Å². The molecular weight excluding hydrogens is 335 g/mol. The van der Waals surface area contributed by atoms with Crippen molar-refractivity contribution in [2.75, 3.05) is 11.9 Å². The quantitative estimate of drug-likeness (QED) is 0.833. The number of aromatic nitrogens is 2. The fourth-order valence-electron chi connectivity index (χ4n) is 1.92. The standard InChI is InChI=1S/C16H18Cl2N4O/c1-10(2)22-15(23)12-8-20-16(21-9-12)19-6-5-11-3-4-13(17)7-14(11)18/h3-4,7-10H,5-6H2,1-2H3,(H,22,23)(H,19,20,21). The first-order valence-electron chi connectivity index (χ1n) is 7.26. The number of carbonyl (C=O) groups is 1. The van der Waals surface area contributed by atoms with Crippen molar-refractivity contribution in [2.45, 2.75) is 26.3 Å². The Balaban J connectivity index is 1.88. The largest absolute Gasteiger partial charge is 0.354 e. The van der Waals surface area contributed by atoms with Crippen LogP contribution in [0.15, 0.2) is 30.6 Å². The summed E-state index contributed by atoms with van der Waals surface area (Å²) in [6.07, 6.45) is 3.72. The maximum Gasteiger partial charge on any atom is 0.254 e. The highest BCUT2D eigenvalue weighted by Gasteiger charge is 2.08. The number of rotatable bonds is 6. The monoisotopic (exact) mass is 352 g/mol. The van der Waals surface area contributed by atoms with E-state index in [1.807, 2.05) is 19.9 Å². The van der Waals surface area contributed by atoms with Gasteiger partial charge in [-0.1, -0.05) is 29.3 Å². The number of nitrogens with zero attached hydrogens (tertiary/aromatic N) is 2. The van der Waals surface area contributed by atoms with Crippen LogP contribution >= 0.6 is 23.2 Å². The van der Waals surface area contributed by atoms with Gasteiger partial charge in [0.1, 0.15) is 0 Å². The van der Waals surface area contributed by atoms with Gasteiger partial charge in [0.05, 0.1) is 5.56 Å². The summed E-state index contributed by atoms with van der Waals surface area (Å²) in [4.78, 5) is 20.1. The molecule has 5 nitrogen and oxygen atoms in total. The molecule has 0 saturated carbocycles. The molecule has 2 N–H and O–H groups in total. The Morgan fingerprint density at radius 2 is 1.91 bits per heavy atom. The van der Waals surface area contributed by atoms with Gasteiger partial charge >= 0.3 is 0 Å². The number of halogens is 2. The predicted octanol–water partition coefficient (Wildman–Crippen LogP) is 3.58. The van der Waals surface area contributed by atoms with E-state index in [1.54, 1.807) is 12.1 Å². The summed E-state index contributed by atoms with van der Waals surface area (Å²) in [5.74, 6) is 0.288. The Morgan fingerprint density at radius 1 is 1.22 bits per heavy atom. The zero-order chi connectivity index (χ0) is 16.8. The van der Waals surface area contributed by atoms with E-state index in [2.05, 4.69) is 20.6 Å². The molecule has 7 heteroatoms. The second-order valence-electron chi connectivity index (χ2n) is 5.34. The maximum absolute atomic E-state index is 11.8.